The Bertz CT molecular complexity index is 720. The third kappa shape index (κ3) is 5.02. The van der Waals surface area contributed by atoms with Crippen molar-refractivity contribution in [3.05, 3.63) is 34.3 Å². The standard InChI is InChI=1S/C16H20BrN5O2S/c1-21(9-12-5-2-3-7-14(12)17)15(23)11-25-16-18-19-20-22(16)10-13-6-4-8-24-13/h2-3,5,7,13H,4,6,8-11H2,1H3. The fraction of sp³-hybridized carbons (Fsp3) is 0.500. The minimum Gasteiger partial charge on any atom is -0.376 e. The van der Waals surface area contributed by atoms with E-state index in [-0.39, 0.29) is 12.0 Å². The van der Waals surface area contributed by atoms with Crippen LogP contribution in [0.2, 0.25) is 0 Å². The monoisotopic (exact) mass is 425 g/mol. The van der Waals surface area contributed by atoms with Crippen LogP contribution < -0.4 is 0 Å². The molecule has 2 heterocycles. The maximum Gasteiger partial charge on any atom is 0.233 e. The number of rotatable bonds is 7. The molecule has 0 aliphatic carbocycles. The second-order valence-corrected chi connectivity index (χ2v) is 7.71. The molecule has 1 amide bonds. The molecule has 1 aliphatic heterocycles. The summed E-state index contributed by atoms with van der Waals surface area (Å²) >= 11 is 4.87. The molecule has 134 valence electrons. The van der Waals surface area contributed by atoms with Crippen LogP contribution in [0.25, 0.3) is 0 Å². The van der Waals surface area contributed by atoms with Crippen LogP contribution in [0.4, 0.5) is 0 Å². The van der Waals surface area contributed by atoms with Crippen molar-refractivity contribution < 1.29 is 9.53 Å². The van der Waals surface area contributed by atoms with E-state index in [0.717, 1.165) is 29.5 Å². The van der Waals surface area contributed by atoms with E-state index >= 15 is 0 Å². The first-order valence-corrected chi connectivity index (χ1v) is 9.89. The number of amides is 1. The molecular formula is C16H20BrN5O2S. The van der Waals surface area contributed by atoms with Crippen LogP contribution >= 0.6 is 27.7 Å². The Balaban J connectivity index is 1.52. The Morgan fingerprint density at radius 1 is 1.48 bits per heavy atom. The molecule has 1 saturated heterocycles. The van der Waals surface area contributed by atoms with Crippen molar-refractivity contribution in [1.29, 1.82) is 0 Å². The maximum absolute atomic E-state index is 12.4. The molecule has 2 aromatic rings. The van der Waals surface area contributed by atoms with Crippen molar-refractivity contribution in [2.45, 2.75) is 37.2 Å². The molecule has 0 spiro atoms. The van der Waals surface area contributed by atoms with Crippen molar-refractivity contribution >= 4 is 33.6 Å². The molecule has 0 N–H and O–H groups in total. The lowest BCUT2D eigenvalue weighted by atomic mass is 10.2. The number of thioether (sulfide) groups is 1. The predicted molar refractivity (Wildman–Crippen MR) is 98.1 cm³/mol. The van der Waals surface area contributed by atoms with E-state index < -0.39 is 0 Å². The van der Waals surface area contributed by atoms with Gasteiger partial charge < -0.3 is 9.64 Å². The number of benzene rings is 1. The number of tetrazole rings is 1. The minimum absolute atomic E-state index is 0.0346. The molecule has 1 fully saturated rings. The number of hydrogen-bond donors (Lipinski definition) is 0. The van der Waals surface area contributed by atoms with E-state index in [2.05, 4.69) is 31.5 Å². The molecule has 0 radical (unpaired) electrons. The number of carbonyl (C=O) groups excluding carboxylic acids is 1. The van der Waals surface area contributed by atoms with Gasteiger partial charge in [-0.15, -0.1) is 5.10 Å². The van der Waals surface area contributed by atoms with Gasteiger partial charge in [0.25, 0.3) is 0 Å². The lowest BCUT2D eigenvalue weighted by Crippen LogP contribution is -2.28. The summed E-state index contributed by atoms with van der Waals surface area (Å²) < 4.78 is 8.34. The SMILES string of the molecule is CN(Cc1ccccc1Br)C(=O)CSc1nnnn1CC1CCCO1. The van der Waals surface area contributed by atoms with Gasteiger partial charge in [-0.3, -0.25) is 4.79 Å². The zero-order chi connectivity index (χ0) is 17.6. The lowest BCUT2D eigenvalue weighted by Gasteiger charge is -2.18. The van der Waals surface area contributed by atoms with E-state index in [0.29, 0.717) is 24.0 Å². The van der Waals surface area contributed by atoms with Crippen LogP contribution in [0.5, 0.6) is 0 Å². The van der Waals surface area contributed by atoms with Gasteiger partial charge in [-0.05, 0) is 34.9 Å². The van der Waals surface area contributed by atoms with Gasteiger partial charge in [0.05, 0.1) is 18.4 Å². The number of carbonyl (C=O) groups is 1. The normalized spacial score (nSPS) is 17.0. The Hall–Kier alpha value is -1.45. The fourth-order valence-corrected chi connectivity index (χ4v) is 3.84. The number of halogens is 1. The third-order valence-electron chi connectivity index (χ3n) is 4.02. The number of aromatic nitrogens is 4. The Kier molecular flexibility index (Phi) is 6.44. The molecule has 1 aliphatic rings. The van der Waals surface area contributed by atoms with Gasteiger partial charge >= 0.3 is 0 Å². The van der Waals surface area contributed by atoms with Gasteiger partial charge in [0.15, 0.2) is 0 Å². The number of hydrogen-bond acceptors (Lipinski definition) is 6. The third-order valence-corrected chi connectivity index (χ3v) is 5.73. The average Bonchev–Trinajstić information content (AvgIpc) is 3.27. The van der Waals surface area contributed by atoms with Gasteiger partial charge in [-0.25, -0.2) is 4.68 Å². The van der Waals surface area contributed by atoms with Crippen LogP contribution in [-0.4, -0.2) is 56.5 Å². The summed E-state index contributed by atoms with van der Waals surface area (Å²) in [6.45, 7) is 1.99. The van der Waals surface area contributed by atoms with E-state index in [4.69, 9.17) is 4.74 Å². The highest BCUT2D eigenvalue weighted by Gasteiger charge is 2.20. The average molecular weight is 426 g/mol. The van der Waals surface area contributed by atoms with Crippen LogP contribution in [0.15, 0.2) is 33.9 Å². The molecule has 9 heteroatoms. The van der Waals surface area contributed by atoms with Gasteiger partial charge in [0.2, 0.25) is 11.1 Å². The van der Waals surface area contributed by atoms with E-state index in [1.165, 1.54) is 11.8 Å². The van der Waals surface area contributed by atoms with Crippen molar-refractivity contribution in [3.8, 4) is 0 Å². The van der Waals surface area contributed by atoms with Crippen molar-refractivity contribution in [2.75, 3.05) is 19.4 Å². The molecule has 1 atom stereocenters. The highest BCUT2D eigenvalue weighted by atomic mass is 79.9. The van der Waals surface area contributed by atoms with Crippen molar-refractivity contribution in [1.82, 2.24) is 25.1 Å². The van der Waals surface area contributed by atoms with Crippen LogP contribution in [0.3, 0.4) is 0 Å². The topological polar surface area (TPSA) is 73.1 Å². The summed E-state index contributed by atoms with van der Waals surface area (Å²) in [4.78, 5) is 14.1. The number of nitrogens with zero attached hydrogens (tertiary/aromatic N) is 5. The molecule has 7 nitrogen and oxygen atoms in total. The predicted octanol–water partition coefficient (Wildman–Crippen LogP) is 2.37. The summed E-state index contributed by atoms with van der Waals surface area (Å²) in [6, 6.07) is 7.90. The smallest absolute Gasteiger partial charge is 0.233 e. The van der Waals surface area contributed by atoms with Gasteiger partial charge in [-0.1, -0.05) is 45.9 Å². The first kappa shape index (κ1) is 18.3. The first-order chi connectivity index (χ1) is 12.1. The summed E-state index contributed by atoms with van der Waals surface area (Å²) in [7, 11) is 1.80. The minimum atomic E-state index is 0.0346. The van der Waals surface area contributed by atoms with Crippen LogP contribution in [0, 0.1) is 0 Å². The molecule has 1 aromatic heterocycles. The lowest BCUT2D eigenvalue weighted by molar-refractivity contribution is -0.127. The second kappa shape index (κ2) is 8.77. The zero-order valence-corrected chi connectivity index (χ0v) is 16.4. The Labute approximate surface area is 159 Å². The summed E-state index contributed by atoms with van der Waals surface area (Å²) in [5, 5.41) is 12.4. The highest BCUT2D eigenvalue weighted by molar-refractivity contribution is 9.10. The summed E-state index contributed by atoms with van der Waals surface area (Å²) in [5.74, 6) is 0.333. The van der Waals surface area contributed by atoms with E-state index in [1.807, 2.05) is 24.3 Å². The number of ether oxygens (including phenoxy) is 1. The van der Waals surface area contributed by atoms with Crippen LogP contribution in [0.1, 0.15) is 18.4 Å². The van der Waals surface area contributed by atoms with Crippen molar-refractivity contribution in [2.24, 2.45) is 0 Å². The molecule has 0 saturated carbocycles. The van der Waals surface area contributed by atoms with Gasteiger partial charge in [0, 0.05) is 24.7 Å². The van der Waals surface area contributed by atoms with Gasteiger partial charge in [-0.2, -0.15) is 0 Å². The van der Waals surface area contributed by atoms with E-state index in [1.54, 1.807) is 16.6 Å². The van der Waals surface area contributed by atoms with Crippen LogP contribution in [-0.2, 0) is 22.6 Å². The highest BCUT2D eigenvalue weighted by Crippen LogP contribution is 2.20. The second-order valence-electron chi connectivity index (χ2n) is 5.91. The Morgan fingerprint density at radius 3 is 3.08 bits per heavy atom. The first-order valence-electron chi connectivity index (χ1n) is 8.11. The fourth-order valence-electron chi connectivity index (χ4n) is 2.60. The van der Waals surface area contributed by atoms with E-state index in [9.17, 15) is 4.79 Å². The maximum atomic E-state index is 12.4. The molecule has 0 bridgehead atoms. The summed E-state index contributed by atoms with van der Waals surface area (Å²) in [6.07, 6.45) is 2.27. The van der Waals surface area contributed by atoms with Crippen molar-refractivity contribution in [3.63, 3.8) is 0 Å². The summed E-state index contributed by atoms with van der Waals surface area (Å²) in [5.41, 5.74) is 1.08. The van der Waals surface area contributed by atoms with Gasteiger partial charge in [0.1, 0.15) is 0 Å². The molecule has 1 aromatic carbocycles. The quantitative estimate of drug-likeness (QED) is 0.633. The molecular weight excluding hydrogens is 406 g/mol. The Morgan fingerprint density at radius 2 is 2.32 bits per heavy atom. The largest absolute Gasteiger partial charge is 0.376 e. The molecule has 1 unspecified atom stereocenters. The zero-order valence-electron chi connectivity index (χ0n) is 14.0. The molecule has 3 rings (SSSR count). The molecule has 25 heavy (non-hydrogen) atoms.